The standard InChI is InChI=1S/C24H27N3O/c1-16(2)23-22-10-7-13-26(22)21-9-6-5-8-19(21)15-27(23)24(28)25-20-12-11-17(3)18(4)14-20/h5-14,16,23H,15H2,1-4H3,(H,25,28). The summed E-state index contributed by atoms with van der Waals surface area (Å²) in [6.07, 6.45) is 2.09. The number of nitrogens with one attached hydrogen (secondary N) is 1. The summed E-state index contributed by atoms with van der Waals surface area (Å²) in [5, 5.41) is 3.12. The number of hydrogen-bond donors (Lipinski definition) is 1. The summed E-state index contributed by atoms with van der Waals surface area (Å²) < 4.78 is 2.23. The van der Waals surface area contributed by atoms with Gasteiger partial charge in [0.2, 0.25) is 0 Å². The van der Waals surface area contributed by atoms with Crippen molar-refractivity contribution in [3.63, 3.8) is 0 Å². The maximum atomic E-state index is 13.4. The Morgan fingerprint density at radius 1 is 1.04 bits per heavy atom. The zero-order valence-electron chi connectivity index (χ0n) is 16.9. The van der Waals surface area contributed by atoms with E-state index in [1.807, 2.05) is 29.2 Å². The van der Waals surface area contributed by atoms with Gasteiger partial charge >= 0.3 is 6.03 Å². The van der Waals surface area contributed by atoms with Crippen LogP contribution in [-0.2, 0) is 6.54 Å². The maximum absolute atomic E-state index is 13.4. The maximum Gasteiger partial charge on any atom is 0.322 e. The zero-order chi connectivity index (χ0) is 19.8. The Labute approximate surface area is 166 Å². The predicted octanol–water partition coefficient (Wildman–Crippen LogP) is 5.84. The van der Waals surface area contributed by atoms with Crippen LogP contribution in [0.15, 0.2) is 60.8 Å². The topological polar surface area (TPSA) is 37.3 Å². The van der Waals surface area contributed by atoms with Gasteiger partial charge in [-0.3, -0.25) is 0 Å². The van der Waals surface area contributed by atoms with Gasteiger partial charge in [0, 0.05) is 17.6 Å². The van der Waals surface area contributed by atoms with Crippen molar-refractivity contribution in [3.05, 3.63) is 83.2 Å². The molecule has 2 heterocycles. The summed E-state index contributed by atoms with van der Waals surface area (Å²) in [6, 6.07) is 18.5. The SMILES string of the molecule is Cc1ccc(NC(=O)N2Cc3ccccc3-n3cccc3C2C(C)C)cc1C. The van der Waals surface area contributed by atoms with E-state index in [9.17, 15) is 4.79 Å². The summed E-state index contributed by atoms with van der Waals surface area (Å²) >= 11 is 0. The first-order valence-corrected chi connectivity index (χ1v) is 9.86. The van der Waals surface area contributed by atoms with Gasteiger partial charge in [-0.05, 0) is 66.8 Å². The van der Waals surface area contributed by atoms with Crippen LogP contribution in [0.1, 0.15) is 42.3 Å². The molecule has 1 aliphatic heterocycles. The van der Waals surface area contributed by atoms with Crippen LogP contribution in [0.25, 0.3) is 5.69 Å². The zero-order valence-corrected chi connectivity index (χ0v) is 16.9. The lowest BCUT2D eigenvalue weighted by Crippen LogP contribution is -2.39. The molecule has 28 heavy (non-hydrogen) atoms. The minimum absolute atomic E-state index is 0.00561. The minimum atomic E-state index is -0.0635. The van der Waals surface area contributed by atoms with Crippen molar-refractivity contribution in [3.8, 4) is 5.69 Å². The van der Waals surface area contributed by atoms with E-state index in [4.69, 9.17) is 0 Å². The van der Waals surface area contributed by atoms with Gasteiger partial charge in [-0.1, -0.05) is 38.1 Å². The number of carbonyl (C=O) groups is 1. The van der Waals surface area contributed by atoms with Crippen LogP contribution < -0.4 is 5.32 Å². The molecule has 1 aromatic heterocycles. The van der Waals surface area contributed by atoms with Crippen molar-refractivity contribution < 1.29 is 4.79 Å². The Morgan fingerprint density at radius 2 is 1.82 bits per heavy atom. The molecule has 0 radical (unpaired) electrons. The molecule has 2 amide bonds. The van der Waals surface area contributed by atoms with Crippen LogP contribution in [0.4, 0.5) is 10.5 Å². The van der Waals surface area contributed by atoms with E-state index in [0.29, 0.717) is 6.54 Å². The van der Waals surface area contributed by atoms with Gasteiger partial charge in [-0.15, -0.1) is 0 Å². The summed E-state index contributed by atoms with van der Waals surface area (Å²) in [6.45, 7) is 9.08. The largest absolute Gasteiger partial charge is 0.322 e. The first kappa shape index (κ1) is 18.4. The number of urea groups is 1. The lowest BCUT2D eigenvalue weighted by Gasteiger charge is -2.33. The number of rotatable bonds is 2. The summed E-state index contributed by atoms with van der Waals surface area (Å²) in [4.78, 5) is 15.3. The third-order valence-electron chi connectivity index (χ3n) is 5.66. The molecule has 4 rings (SSSR count). The number of benzene rings is 2. The van der Waals surface area contributed by atoms with Gasteiger partial charge in [-0.25, -0.2) is 4.79 Å². The number of para-hydroxylation sites is 1. The van der Waals surface area contributed by atoms with Crippen molar-refractivity contribution in [2.75, 3.05) is 5.32 Å². The highest BCUT2D eigenvalue weighted by Gasteiger charge is 2.33. The van der Waals surface area contributed by atoms with Gasteiger partial charge in [0.1, 0.15) is 0 Å². The fraction of sp³-hybridized carbons (Fsp3) is 0.292. The quantitative estimate of drug-likeness (QED) is 0.602. The highest BCUT2D eigenvalue weighted by Crippen LogP contribution is 2.36. The number of carbonyl (C=O) groups excluding carboxylic acids is 1. The second-order valence-corrected chi connectivity index (χ2v) is 7.98. The predicted molar refractivity (Wildman–Crippen MR) is 114 cm³/mol. The van der Waals surface area contributed by atoms with Gasteiger partial charge < -0.3 is 14.8 Å². The summed E-state index contributed by atoms with van der Waals surface area (Å²) in [7, 11) is 0. The number of aryl methyl sites for hydroxylation is 2. The molecule has 1 N–H and O–H groups in total. The Balaban J connectivity index is 1.74. The normalized spacial score (nSPS) is 15.8. The Bertz CT molecular complexity index is 1020. The van der Waals surface area contributed by atoms with Gasteiger partial charge in [0.05, 0.1) is 18.3 Å². The van der Waals surface area contributed by atoms with E-state index >= 15 is 0 Å². The molecule has 3 aromatic rings. The van der Waals surface area contributed by atoms with E-state index in [-0.39, 0.29) is 18.0 Å². The number of aromatic nitrogens is 1. The van der Waals surface area contributed by atoms with E-state index in [0.717, 1.165) is 22.6 Å². The molecule has 2 aromatic carbocycles. The first-order valence-electron chi connectivity index (χ1n) is 9.86. The van der Waals surface area contributed by atoms with E-state index < -0.39 is 0 Å². The second-order valence-electron chi connectivity index (χ2n) is 7.98. The molecular formula is C24H27N3O. The van der Waals surface area contributed by atoms with Gasteiger partial charge in [0.25, 0.3) is 0 Å². The molecule has 1 unspecified atom stereocenters. The fourth-order valence-corrected chi connectivity index (χ4v) is 4.09. The highest BCUT2D eigenvalue weighted by atomic mass is 16.2. The molecule has 144 valence electrons. The highest BCUT2D eigenvalue weighted by molar-refractivity contribution is 5.90. The molecule has 0 saturated heterocycles. The molecule has 1 aliphatic rings. The number of anilines is 1. The molecule has 0 saturated carbocycles. The number of hydrogen-bond acceptors (Lipinski definition) is 1. The molecule has 4 heteroatoms. The average Bonchev–Trinajstić information content (AvgIpc) is 3.08. The van der Waals surface area contributed by atoms with Crippen molar-refractivity contribution in [1.82, 2.24) is 9.47 Å². The first-order chi connectivity index (χ1) is 13.5. The van der Waals surface area contributed by atoms with Gasteiger partial charge in [-0.2, -0.15) is 0 Å². The van der Waals surface area contributed by atoms with Crippen LogP contribution in [0, 0.1) is 19.8 Å². The average molecular weight is 374 g/mol. The molecule has 0 aliphatic carbocycles. The van der Waals surface area contributed by atoms with Crippen LogP contribution in [-0.4, -0.2) is 15.5 Å². The minimum Gasteiger partial charge on any atom is -0.318 e. The summed E-state index contributed by atoms with van der Waals surface area (Å²) in [5.41, 5.74) is 6.68. The Kier molecular flexibility index (Phi) is 4.71. The number of nitrogens with zero attached hydrogens (tertiary/aromatic N) is 2. The third-order valence-corrected chi connectivity index (χ3v) is 5.66. The summed E-state index contributed by atoms with van der Waals surface area (Å²) in [5.74, 6) is 0.286. The third kappa shape index (κ3) is 3.19. The lowest BCUT2D eigenvalue weighted by molar-refractivity contribution is 0.162. The van der Waals surface area contributed by atoms with Crippen LogP contribution in [0.3, 0.4) is 0 Å². The molecule has 0 fully saturated rings. The number of amides is 2. The Hall–Kier alpha value is -3.01. The van der Waals surface area contributed by atoms with E-state index in [1.54, 1.807) is 0 Å². The molecule has 0 bridgehead atoms. The van der Waals surface area contributed by atoms with E-state index in [1.165, 1.54) is 11.1 Å². The van der Waals surface area contributed by atoms with Gasteiger partial charge in [0.15, 0.2) is 0 Å². The number of fused-ring (bicyclic) bond motifs is 3. The van der Waals surface area contributed by atoms with E-state index in [2.05, 4.69) is 74.1 Å². The van der Waals surface area contributed by atoms with Crippen LogP contribution in [0.2, 0.25) is 0 Å². The van der Waals surface area contributed by atoms with Crippen LogP contribution >= 0.6 is 0 Å². The Morgan fingerprint density at radius 3 is 2.57 bits per heavy atom. The van der Waals surface area contributed by atoms with Crippen molar-refractivity contribution in [1.29, 1.82) is 0 Å². The van der Waals surface area contributed by atoms with Crippen LogP contribution in [0.5, 0.6) is 0 Å². The fourth-order valence-electron chi connectivity index (χ4n) is 4.09. The van der Waals surface area contributed by atoms with Crippen molar-refractivity contribution in [2.45, 2.75) is 40.3 Å². The lowest BCUT2D eigenvalue weighted by atomic mass is 9.99. The second kappa shape index (κ2) is 7.19. The molecule has 4 nitrogen and oxygen atoms in total. The monoisotopic (exact) mass is 373 g/mol. The van der Waals surface area contributed by atoms with Crippen molar-refractivity contribution >= 4 is 11.7 Å². The molecule has 0 spiro atoms. The molecular weight excluding hydrogens is 346 g/mol. The van der Waals surface area contributed by atoms with Crippen molar-refractivity contribution in [2.24, 2.45) is 5.92 Å². The smallest absolute Gasteiger partial charge is 0.318 e. The molecule has 1 atom stereocenters.